The van der Waals surface area contributed by atoms with Crippen molar-refractivity contribution in [2.75, 3.05) is 51.5 Å². The van der Waals surface area contributed by atoms with Crippen molar-refractivity contribution in [2.45, 2.75) is 20.3 Å². The van der Waals surface area contributed by atoms with Gasteiger partial charge < -0.3 is 30.2 Å². The number of anilines is 3. The van der Waals surface area contributed by atoms with Crippen molar-refractivity contribution in [3.63, 3.8) is 0 Å². The van der Waals surface area contributed by atoms with Crippen LogP contribution >= 0.6 is 0 Å². The van der Waals surface area contributed by atoms with Crippen LogP contribution in [0.2, 0.25) is 0 Å². The topological polar surface area (TPSA) is 123 Å². The van der Waals surface area contributed by atoms with Crippen molar-refractivity contribution in [1.82, 2.24) is 19.7 Å². The summed E-state index contributed by atoms with van der Waals surface area (Å²) in [6.45, 7) is 7.82. The minimum absolute atomic E-state index is 0.209. The Labute approximate surface area is 199 Å². The molecule has 0 spiro atoms. The van der Waals surface area contributed by atoms with E-state index in [1.807, 2.05) is 6.07 Å². The number of ether oxygens (including phenoxy) is 3. The van der Waals surface area contributed by atoms with Gasteiger partial charge in [-0.15, -0.1) is 5.10 Å². The van der Waals surface area contributed by atoms with E-state index >= 15 is 0 Å². The normalized spacial score (nSPS) is 10.7. The molecule has 2 aromatic carbocycles. The number of rotatable bonds is 12. The van der Waals surface area contributed by atoms with Crippen LogP contribution in [0.3, 0.4) is 0 Å². The van der Waals surface area contributed by atoms with Crippen molar-refractivity contribution in [3.8, 4) is 29.0 Å². The highest BCUT2D eigenvalue weighted by molar-refractivity contribution is 5.66. The summed E-state index contributed by atoms with van der Waals surface area (Å²) < 4.78 is 18.6. The first kappa shape index (κ1) is 24.7. The predicted octanol–water partition coefficient (Wildman–Crippen LogP) is 3.59. The smallest absolute Gasteiger partial charge is 0.248 e. The van der Waals surface area contributed by atoms with E-state index in [-0.39, 0.29) is 5.95 Å². The SMILES string of the molecule is CCN(CC)CCCOc1cc(Nc2nc(N)n(-c3ccc(C#N)cc3)n2)cc(OC)c1OC. The summed E-state index contributed by atoms with van der Waals surface area (Å²) in [4.78, 5) is 6.65. The van der Waals surface area contributed by atoms with Crippen LogP contribution in [0.15, 0.2) is 36.4 Å². The third kappa shape index (κ3) is 5.88. The van der Waals surface area contributed by atoms with Gasteiger partial charge in [0.05, 0.1) is 38.1 Å². The Morgan fingerprint density at radius 2 is 1.79 bits per heavy atom. The molecule has 0 bridgehead atoms. The van der Waals surface area contributed by atoms with Gasteiger partial charge >= 0.3 is 0 Å². The number of hydrogen-bond acceptors (Lipinski definition) is 9. The standard InChI is InChI=1S/C24H31N7O3/c1-5-30(6-2)12-7-13-34-21-15-18(14-20(32-3)22(21)33-4)27-24-28-23(26)31(29-24)19-10-8-17(16-25)9-11-19/h8-11,14-15H,5-7,12-13H2,1-4H3,(H3,26,27,28,29). The Morgan fingerprint density at radius 1 is 1.09 bits per heavy atom. The average molecular weight is 466 g/mol. The van der Waals surface area contributed by atoms with Crippen LogP contribution in [0.5, 0.6) is 17.2 Å². The molecule has 0 fully saturated rings. The molecule has 1 heterocycles. The van der Waals surface area contributed by atoms with E-state index < -0.39 is 0 Å². The van der Waals surface area contributed by atoms with Crippen LogP contribution in [0, 0.1) is 11.3 Å². The third-order valence-electron chi connectivity index (χ3n) is 5.34. The molecule has 0 aliphatic rings. The second-order valence-corrected chi connectivity index (χ2v) is 7.43. The van der Waals surface area contributed by atoms with Gasteiger partial charge in [-0.3, -0.25) is 0 Å². The van der Waals surface area contributed by atoms with Gasteiger partial charge in [0.25, 0.3) is 0 Å². The first-order chi connectivity index (χ1) is 16.5. The molecular weight excluding hydrogens is 434 g/mol. The summed E-state index contributed by atoms with van der Waals surface area (Å²) in [6, 6.07) is 12.6. The minimum atomic E-state index is 0.209. The quantitative estimate of drug-likeness (QED) is 0.386. The monoisotopic (exact) mass is 465 g/mol. The molecule has 34 heavy (non-hydrogen) atoms. The number of benzene rings is 2. The molecule has 10 heteroatoms. The number of methoxy groups -OCH3 is 2. The summed E-state index contributed by atoms with van der Waals surface area (Å²) in [5.41, 5.74) is 7.98. The van der Waals surface area contributed by atoms with Gasteiger partial charge in [-0.05, 0) is 43.8 Å². The van der Waals surface area contributed by atoms with Crippen molar-refractivity contribution in [3.05, 3.63) is 42.0 Å². The van der Waals surface area contributed by atoms with E-state index in [0.717, 1.165) is 26.1 Å². The van der Waals surface area contributed by atoms with Crippen LogP contribution in [0.25, 0.3) is 5.69 Å². The molecule has 0 saturated heterocycles. The van der Waals surface area contributed by atoms with E-state index in [1.165, 1.54) is 4.68 Å². The van der Waals surface area contributed by atoms with Gasteiger partial charge in [-0.2, -0.15) is 14.9 Å². The highest BCUT2D eigenvalue weighted by Gasteiger charge is 2.16. The zero-order chi connectivity index (χ0) is 24.5. The molecule has 3 rings (SSSR count). The van der Waals surface area contributed by atoms with Crippen LogP contribution in [0.4, 0.5) is 17.6 Å². The molecule has 10 nitrogen and oxygen atoms in total. The molecule has 0 aliphatic carbocycles. The lowest BCUT2D eigenvalue weighted by molar-refractivity contribution is 0.240. The Morgan fingerprint density at radius 3 is 2.41 bits per heavy atom. The van der Waals surface area contributed by atoms with Crippen molar-refractivity contribution >= 4 is 17.6 Å². The Kier molecular flexibility index (Phi) is 8.54. The first-order valence-corrected chi connectivity index (χ1v) is 11.1. The summed E-state index contributed by atoms with van der Waals surface area (Å²) in [5.74, 6) is 2.11. The van der Waals surface area contributed by atoms with Crippen molar-refractivity contribution < 1.29 is 14.2 Å². The third-order valence-corrected chi connectivity index (χ3v) is 5.34. The van der Waals surface area contributed by atoms with E-state index in [4.69, 9.17) is 25.2 Å². The molecule has 0 unspecified atom stereocenters. The second kappa shape index (κ2) is 11.8. The molecular formula is C24H31N7O3. The number of nitrogen functional groups attached to an aromatic ring is 1. The number of nitrogens with one attached hydrogen (secondary N) is 1. The lowest BCUT2D eigenvalue weighted by Gasteiger charge is -2.19. The predicted molar refractivity (Wildman–Crippen MR) is 131 cm³/mol. The molecule has 3 N–H and O–H groups in total. The van der Waals surface area contributed by atoms with E-state index in [0.29, 0.717) is 46.7 Å². The number of hydrogen-bond donors (Lipinski definition) is 2. The van der Waals surface area contributed by atoms with Gasteiger partial charge in [-0.25, -0.2) is 0 Å². The molecule has 0 atom stereocenters. The fourth-order valence-corrected chi connectivity index (χ4v) is 3.49. The number of nitrogens with zero attached hydrogens (tertiary/aromatic N) is 5. The first-order valence-electron chi connectivity index (χ1n) is 11.1. The zero-order valence-electron chi connectivity index (χ0n) is 20.0. The second-order valence-electron chi connectivity index (χ2n) is 7.43. The van der Waals surface area contributed by atoms with Crippen LogP contribution < -0.4 is 25.3 Å². The lowest BCUT2D eigenvalue weighted by atomic mass is 10.2. The van der Waals surface area contributed by atoms with E-state index in [1.54, 1.807) is 44.6 Å². The van der Waals surface area contributed by atoms with Crippen molar-refractivity contribution in [1.29, 1.82) is 5.26 Å². The summed E-state index contributed by atoms with van der Waals surface area (Å²) in [6.07, 6.45) is 0.887. The molecule has 180 valence electrons. The largest absolute Gasteiger partial charge is 0.493 e. The van der Waals surface area contributed by atoms with Gasteiger partial charge in [0.1, 0.15) is 0 Å². The van der Waals surface area contributed by atoms with Crippen LogP contribution in [-0.4, -0.2) is 60.1 Å². The van der Waals surface area contributed by atoms with E-state index in [9.17, 15) is 0 Å². The molecule has 0 radical (unpaired) electrons. The van der Waals surface area contributed by atoms with Gasteiger partial charge in [0.2, 0.25) is 17.6 Å². The van der Waals surface area contributed by atoms with Crippen molar-refractivity contribution in [2.24, 2.45) is 0 Å². The van der Waals surface area contributed by atoms with Gasteiger partial charge in [-0.1, -0.05) is 13.8 Å². The average Bonchev–Trinajstić information content (AvgIpc) is 3.23. The van der Waals surface area contributed by atoms with Crippen LogP contribution in [0.1, 0.15) is 25.8 Å². The summed E-state index contributed by atoms with van der Waals surface area (Å²) in [7, 11) is 3.15. The summed E-state index contributed by atoms with van der Waals surface area (Å²) in [5, 5.41) is 16.6. The minimum Gasteiger partial charge on any atom is -0.493 e. The number of nitriles is 1. The van der Waals surface area contributed by atoms with Gasteiger partial charge in [0, 0.05) is 24.4 Å². The zero-order valence-corrected chi connectivity index (χ0v) is 20.0. The Balaban J connectivity index is 1.79. The summed E-state index contributed by atoms with van der Waals surface area (Å²) >= 11 is 0. The molecule has 1 aromatic heterocycles. The number of nitrogens with two attached hydrogens (primary N) is 1. The Hall–Kier alpha value is -3.97. The molecule has 0 amide bonds. The van der Waals surface area contributed by atoms with Gasteiger partial charge in [0.15, 0.2) is 11.5 Å². The Bertz CT molecular complexity index is 1120. The lowest BCUT2D eigenvalue weighted by Crippen LogP contribution is -2.25. The molecule has 0 aliphatic heterocycles. The fraction of sp³-hybridized carbons (Fsp3) is 0.375. The maximum atomic E-state index is 8.99. The maximum absolute atomic E-state index is 8.99. The highest BCUT2D eigenvalue weighted by atomic mass is 16.5. The highest BCUT2D eigenvalue weighted by Crippen LogP contribution is 2.40. The van der Waals surface area contributed by atoms with E-state index in [2.05, 4.69) is 40.2 Å². The molecule has 0 saturated carbocycles. The van der Waals surface area contributed by atoms with Crippen LogP contribution in [-0.2, 0) is 0 Å². The number of aromatic nitrogens is 3. The maximum Gasteiger partial charge on any atom is 0.248 e. The molecule has 3 aromatic rings. The fourth-order valence-electron chi connectivity index (χ4n) is 3.49.